The Kier molecular flexibility index (Phi) is 4.34. The lowest BCUT2D eigenvalue weighted by molar-refractivity contribution is 0.598. The van der Waals surface area contributed by atoms with Crippen molar-refractivity contribution in [3.05, 3.63) is 64.1 Å². The Balaban J connectivity index is 2.19. The van der Waals surface area contributed by atoms with Crippen molar-refractivity contribution in [2.45, 2.75) is 50.3 Å². The number of allylic oxidation sites excluding steroid dienone is 6. The summed E-state index contributed by atoms with van der Waals surface area (Å²) in [6.07, 6.45) is 9.79. The first kappa shape index (κ1) is 15.3. The summed E-state index contributed by atoms with van der Waals surface area (Å²) in [6, 6.07) is 8.86. The molecule has 3 rings (SSSR count). The van der Waals surface area contributed by atoms with Crippen LogP contribution < -0.4 is 0 Å². The molecule has 22 heavy (non-hydrogen) atoms. The third kappa shape index (κ3) is 2.82. The number of rotatable bonds is 2. The van der Waals surface area contributed by atoms with Crippen LogP contribution in [0.15, 0.2) is 69.0 Å². The van der Waals surface area contributed by atoms with Crippen LogP contribution in [0.3, 0.4) is 0 Å². The first-order valence-corrected chi connectivity index (χ1v) is 9.48. The lowest BCUT2D eigenvalue weighted by Gasteiger charge is -2.15. The molecule has 0 radical (unpaired) electrons. The van der Waals surface area contributed by atoms with Crippen molar-refractivity contribution in [2.75, 3.05) is 0 Å². The van der Waals surface area contributed by atoms with Gasteiger partial charge in [-0.05, 0) is 68.7 Å². The molecular formula is C19H22O2S. The van der Waals surface area contributed by atoms with Crippen molar-refractivity contribution in [1.82, 2.24) is 0 Å². The zero-order valence-electron chi connectivity index (χ0n) is 13.0. The summed E-state index contributed by atoms with van der Waals surface area (Å²) >= 11 is 0. The Morgan fingerprint density at radius 3 is 2.50 bits per heavy atom. The van der Waals surface area contributed by atoms with Crippen LogP contribution in [0.5, 0.6) is 0 Å². The van der Waals surface area contributed by atoms with E-state index in [0.717, 1.165) is 37.7 Å². The van der Waals surface area contributed by atoms with Crippen LogP contribution in [0.25, 0.3) is 0 Å². The first-order valence-electron chi connectivity index (χ1n) is 7.99. The van der Waals surface area contributed by atoms with Crippen LogP contribution in [-0.4, -0.2) is 8.42 Å². The summed E-state index contributed by atoms with van der Waals surface area (Å²) in [5, 5.41) is 0. The van der Waals surface area contributed by atoms with E-state index in [1.165, 1.54) is 11.1 Å². The van der Waals surface area contributed by atoms with Crippen molar-refractivity contribution in [3.63, 3.8) is 0 Å². The predicted molar refractivity (Wildman–Crippen MR) is 90.2 cm³/mol. The van der Waals surface area contributed by atoms with E-state index < -0.39 is 9.84 Å². The van der Waals surface area contributed by atoms with E-state index in [1.54, 1.807) is 24.3 Å². The van der Waals surface area contributed by atoms with Crippen molar-refractivity contribution in [3.8, 4) is 0 Å². The second kappa shape index (κ2) is 6.25. The largest absolute Gasteiger partial charge is 0.219 e. The summed E-state index contributed by atoms with van der Waals surface area (Å²) < 4.78 is 26.2. The number of hydrogen-bond donors (Lipinski definition) is 0. The van der Waals surface area contributed by atoms with Gasteiger partial charge in [-0.25, -0.2) is 8.42 Å². The molecule has 0 aromatic heterocycles. The van der Waals surface area contributed by atoms with Gasteiger partial charge < -0.3 is 0 Å². The third-order valence-corrected chi connectivity index (χ3v) is 6.53. The van der Waals surface area contributed by atoms with Crippen molar-refractivity contribution >= 4 is 9.84 Å². The topological polar surface area (TPSA) is 34.1 Å². The fraction of sp³-hybridized carbons (Fsp3) is 0.368. The normalized spacial score (nSPS) is 19.7. The maximum absolute atomic E-state index is 13.1. The van der Waals surface area contributed by atoms with Gasteiger partial charge in [0.1, 0.15) is 0 Å². The van der Waals surface area contributed by atoms with Crippen LogP contribution in [0.2, 0.25) is 0 Å². The molecule has 0 N–H and O–H groups in total. The zero-order valence-corrected chi connectivity index (χ0v) is 13.8. The van der Waals surface area contributed by atoms with Crippen molar-refractivity contribution < 1.29 is 8.42 Å². The first-order chi connectivity index (χ1) is 10.6. The molecule has 0 spiro atoms. The highest BCUT2D eigenvalue weighted by molar-refractivity contribution is 7.95. The van der Waals surface area contributed by atoms with Gasteiger partial charge in [-0.15, -0.1) is 0 Å². The molecule has 0 atom stereocenters. The fourth-order valence-corrected chi connectivity index (χ4v) is 5.11. The molecule has 2 aliphatic rings. The molecule has 0 saturated heterocycles. The molecule has 0 bridgehead atoms. The summed E-state index contributed by atoms with van der Waals surface area (Å²) in [4.78, 5) is 1.07. The van der Waals surface area contributed by atoms with Gasteiger partial charge in [-0.2, -0.15) is 0 Å². The SMILES string of the molecule is CC1=C2C=CCCCC2=C(S(=O)(=O)c2ccccc2)CCC1. The monoisotopic (exact) mass is 314 g/mol. The molecule has 1 aromatic rings. The molecule has 0 fully saturated rings. The van der Waals surface area contributed by atoms with Crippen LogP contribution >= 0.6 is 0 Å². The van der Waals surface area contributed by atoms with Gasteiger partial charge in [-0.1, -0.05) is 35.9 Å². The number of hydrogen-bond acceptors (Lipinski definition) is 2. The van der Waals surface area contributed by atoms with Gasteiger partial charge in [0, 0.05) is 0 Å². The minimum atomic E-state index is -3.38. The maximum atomic E-state index is 13.1. The quantitative estimate of drug-likeness (QED) is 0.773. The van der Waals surface area contributed by atoms with Crippen molar-refractivity contribution in [2.24, 2.45) is 0 Å². The summed E-state index contributed by atoms with van der Waals surface area (Å²) in [7, 11) is -3.38. The molecule has 3 heteroatoms. The highest BCUT2D eigenvalue weighted by Gasteiger charge is 2.27. The second-order valence-corrected chi connectivity index (χ2v) is 8.03. The summed E-state index contributed by atoms with van der Waals surface area (Å²) in [5.74, 6) is 0. The van der Waals surface area contributed by atoms with Crippen LogP contribution in [0, 0.1) is 0 Å². The minimum absolute atomic E-state index is 0.421. The average molecular weight is 314 g/mol. The van der Waals surface area contributed by atoms with Gasteiger partial charge in [0.2, 0.25) is 9.84 Å². The van der Waals surface area contributed by atoms with E-state index in [4.69, 9.17) is 0 Å². The molecule has 0 heterocycles. The Hall–Kier alpha value is -1.61. The Morgan fingerprint density at radius 1 is 0.955 bits per heavy atom. The molecule has 0 aliphatic heterocycles. The molecule has 0 unspecified atom stereocenters. The summed E-state index contributed by atoms with van der Waals surface area (Å²) in [5.41, 5.74) is 3.56. The molecule has 116 valence electrons. The lowest BCUT2D eigenvalue weighted by atomic mass is 9.98. The smallest absolute Gasteiger partial charge is 0.203 e. The summed E-state index contributed by atoms with van der Waals surface area (Å²) in [6.45, 7) is 2.14. The zero-order chi connectivity index (χ0) is 15.6. The Labute approximate surface area is 133 Å². The van der Waals surface area contributed by atoms with Gasteiger partial charge in [0.15, 0.2) is 0 Å². The van der Waals surface area contributed by atoms with E-state index in [1.807, 2.05) is 6.07 Å². The predicted octanol–water partition coefficient (Wildman–Crippen LogP) is 4.95. The number of sulfone groups is 1. The van der Waals surface area contributed by atoms with Crippen LogP contribution in [0.1, 0.15) is 45.4 Å². The maximum Gasteiger partial charge on any atom is 0.203 e. The highest BCUT2D eigenvalue weighted by Crippen LogP contribution is 2.38. The Bertz CT molecular complexity index is 750. The van der Waals surface area contributed by atoms with Gasteiger partial charge in [-0.3, -0.25) is 0 Å². The van der Waals surface area contributed by atoms with E-state index in [-0.39, 0.29) is 0 Å². The highest BCUT2D eigenvalue weighted by atomic mass is 32.2. The molecule has 2 aliphatic carbocycles. The van der Waals surface area contributed by atoms with Gasteiger partial charge in [0.05, 0.1) is 9.80 Å². The fourth-order valence-electron chi connectivity index (χ4n) is 3.36. The van der Waals surface area contributed by atoms with Gasteiger partial charge in [0.25, 0.3) is 0 Å². The molecule has 1 aromatic carbocycles. The van der Waals surface area contributed by atoms with E-state index >= 15 is 0 Å². The Morgan fingerprint density at radius 2 is 1.73 bits per heavy atom. The molecule has 0 saturated carbocycles. The second-order valence-electron chi connectivity index (χ2n) is 6.06. The van der Waals surface area contributed by atoms with Crippen LogP contribution in [-0.2, 0) is 9.84 Å². The van der Waals surface area contributed by atoms with Crippen molar-refractivity contribution in [1.29, 1.82) is 0 Å². The van der Waals surface area contributed by atoms with E-state index in [9.17, 15) is 8.42 Å². The minimum Gasteiger partial charge on any atom is -0.219 e. The van der Waals surface area contributed by atoms with E-state index in [0.29, 0.717) is 16.2 Å². The van der Waals surface area contributed by atoms with Gasteiger partial charge >= 0.3 is 0 Å². The number of benzene rings is 1. The third-order valence-electron chi connectivity index (χ3n) is 4.54. The average Bonchev–Trinajstić information content (AvgIpc) is 2.85. The molecule has 0 amide bonds. The number of fused-ring (bicyclic) bond motifs is 1. The molecule has 2 nitrogen and oxygen atoms in total. The molecular weight excluding hydrogens is 292 g/mol. The standard InChI is InChI=1S/C19H22O2S/c1-15-9-8-14-19(18-13-7-3-6-12-17(15)18)22(20,21)16-10-4-2-5-11-16/h2,4-6,10-12H,3,7-9,13-14H2,1H3. The lowest BCUT2D eigenvalue weighted by Crippen LogP contribution is -2.08. The van der Waals surface area contributed by atoms with Crippen LogP contribution in [0.4, 0.5) is 0 Å². The van der Waals surface area contributed by atoms with E-state index in [2.05, 4.69) is 19.1 Å².